The second kappa shape index (κ2) is 8.37. The van der Waals surface area contributed by atoms with E-state index in [1.807, 2.05) is 42.5 Å². The second-order valence-corrected chi connectivity index (χ2v) is 7.26. The lowest BCUT2D eigenvalue weighted by Gasteiger charge is -2.17. The number of carbonyl (C=O) groups excluding carboxylic acids is 3. The molecular weight excluding hydrogens is 380 g/mol. The van der Waals surface area contributed by atoms with E-state index in [9.17, 15) is 14.4 Å². The Hall–Kier alpha value is -3.67. The molecule has 2 amide bonds. The minimum atomic E-state index is -0.978. The molecular formula is C24H22N2O4. The van der Waals surface area contributed by atoms with Crippen molar-refractivity contribution in [1.82, 2.24) is 0 Å². The topological polar surface area (TPSA) is 75.7 Å². The lowest BCUT2D eigenvalue weighted by atomic mass is 10.1. The van der Waals surface area contributed by atoms with Gasteiger partial charge in [0.25, 0.3) is 5.91 Å². The SMILES string of the molecule is C[C@@H](OC(=O)c1cccc(N2CCCC2=O)c1)C(=O)Nc1cccc2ccccc12. The molecule has 0 bridgehead atoms. The second-order valence-electron chi connectivity index (χ2n) is 7.26. The molecule has 30 heavy (non-hydrogen) atoms. The number of anilines is 2. The number of amides is 2. The summed E-state index contributed by atoms with van der Waals surface area (Å²) in [5.41, 5.74) is 1.63. The Morgan fingerprint density at radius 1 is 1.03 bits per heavy atom. The van der Waals surface area contributed by atoms with E-state index >= 15 is 0 Å². The molecule has 0 spiro atoms. The number of carbonyl (C=O) groups is 3. The fraction of sp³-hybridized carbons (Fsp3) is 0.208. The summed E-state index contributed by atoms with van der Waals surface area (Å²) in [5, 5.41) is 4.75. The molecule has 6 heteroatoms. The van der Waals surface area contributed by atoms with Gasteiger partial charge in [-0.25, -0.2) is 4.79 Å². The van der Waals surface area contributed by atoms with Gasteiger partial charge in [-0.15, -0.1) is 0 Å². The van der Waals surface area contributed by atoms with Crippen molar-refractivity contribution >= 4 is 39.9 Å². The summed E-state index contributed by atoms with van der Waals surface area (Å²) in [4.78, 5) is 38.8. The molecule has 3 aromatic rings. The Kier molecular flexibility index (Phi) is 5.48. The number of esters is 1. The van der Waals surface area contributed by atoms with Crippen molar-refractivity contribution in [3.05, 3.63) is 72.3 Å². The Morgan fingerprint density at radius 2 is 1.80 bits per heavy atom. The molecule has 1 aliphatic heterocycles. The summed E-state index contributed by atoms with van der Waals surface area (Å²) in [5.74, 6) is -0.974. The molecule has 0 unspecified atom stereocenters. The maximum Gasteiger partial charge on any atom is 0.338 e. The van der Waals surface area contributed by atoms with E-state index in [1.54, 1.807) is 29.2 Å². The number of benzene rings is 3. The molecule has 0 saturated carbocycles. The van der Waals surface area contributed by atoms with Crippen LogP contribution in [0.15, 0.2) is 66.7 Å². The highest BCUT2D eigenvalue weighted by molar-refractivity contribution is 6.04. The third-order valence-electron chi connectivity index (χ3n) is 5.17. The van der Waals surface area contributed by atoms with Crippen molar-refractivity contribution in [2.75, 3.05) is 16.8 Å². The summed E-state index contributed by atoms with van der Waals surface area (Å²) in [6, 6.07) is 20.1. The highest BCUT2D eigenvalue weighted by Gasteiger charge is 2.24. The fourth-order valence-electron chi connectivity index (χ4n) is 3.57. The number of hydrogen-bond donors (Lipinski definition) is 1. The monoisotopic (exact) mass is 402 g/mol. The molecule has 1 saturated heterocycles. The first-order chi connectivity index (χ1) is 14.5. The molecule has 1 fully saturated rings. The zero-order valence-electron chi connectivity index (χ0n) is 16.6. The predicted molar refractivity (Wildman–Crippen MR) is 115 cm³/mol. The van der Waals surface area contributed by atoms with Gasteiger partial charge < -0.3 is 15.0 Å². The van der Waals surface area contributed by atoms with E-state index in [2.05, 4.69) is 5.32 Å². The zero-order chi connectivity index (χ0) is 21.1. The van der Waals surface area contributed by atoms with Crippen LogP contribution < -0.4 is 10.2 Å². The standard InChI is InChI=1S/C24H22N2O4/c1-16(23(28)25-21-12-5-8-17-7-2-3-11-20(17)21)30-24(29)18-9-4-10-19(15-18)26-14-6-13-22(26)27/h2-5,7-12,15-16H,6,13-14H2,1H3,(H,25,28)/t16-/m1/s1. The number of nitrogens with zero attached hydrogens (tertiary/aromatic N) is 1. The lowest BCUT2D eigenvalue weighted by Crippen LogP contribution is -2.30. The number of nitrogens with one attached hydrogen (secondary N) is 1. The van der Waals surface area contributed by atoms with E-state index in [1.165, 1.54) is 6.92 Å². The van der Waals surface area contributed by atoms with Crippen LogP contribution in [0.2, 0.25) is 0 Å². The van der Waals surface area contributed by atoms with Crippen LogP contribution in [-0.2, 0) is 14.3 Å². The van der Waals surface area contributed by atoms with Gasteiger partial charge in [0.2, 0.25) is 5.91 Å². The number of fused-ring (bicyclic) bond motifs is 1. The van der Waals surface area contributed by atoms with Gasteiger partial charge in [-0.3, -0.25) is 9.59 Å². The number of rotatable bonds is 5. The van der Waals surface area contributed by atoms with Crippen molar-refractivity contribution in [1.29, 1.82) is 0 Å². The maximum absolute atomic E-state index is 12.6. The molecule has 1 atom stereocenters. The Morgan fingerprint density at radius 3 is 2.60 bits per heavy atom. The molecule has 6 nitrogen and oxygen atoms in total. The van der Waals surface area contributed by atoms with Crippen LogP contribution in [0.3, 0.4) is 0 Å². The van der Waals surface area contributed by atoms with E-state index in [4.69, 9.17) is 4.74 Å². The van der Waals surface area contributed by atoms with Gasteiger partial charge in [0, 0.05) is 29.7 Å². The number of ether oxygens (including phenoxy) is 1. The molecule has 0 aliphatic carbocycles. The van der Waals surface area contributed by atoms with Crippen LogP contribution in [0.5, 0.6) is 0 Å². The first-order valence-electron chi connectivity index (χ1n) is 9.93. The van der Waals surface area contributed by atoms with Crippen LogP contribution >= 0.6 is 0 Å². The predicted octanol–water partition coefficient (Wildman–Crippen LogP) is 4.15. The Balaban J connectivity index is 1.44. The summed E-state index contributed by atoms with van der Waals surface area (Å²) >= 11 is 0. The number of hydrogen-bond acceptors (Lipinski definition) is 4. The molecule has 0 aromatic heterocycles. The first kappa shape index (κ1) is 19.6. The smallest absolute Gasteiger partial charge is 0.338 e. The van der Waals surface area contributed by atoms with Crippen molar-refractivity contribution in [3.63, 3.8) is 0 Å². The quantitative estimate of drug-likeness (QED) is 0.651. The molecule has 1 aliphatic rings. The summed E-state index contributed by atoms with van der Waals surface area (Å²) < 4.78 is 5.37. The van der Waals surface area contributed by atoms with Gasteiger partial charge in [0.1, 0.15) is 0 Å². The van der Waals surface area contributed by atoms with Gasteiger partial charge in [0.05, 0.1) is 5.56 Å². The fourth-order valence-corrected chi connectivity index (χ4v) is 3.57. The molecule has 1 N–H and O–H groups in total. The van der Waals surface area contributed by atoms with E-state index < -0.39 is 18.0 Å². The minimum absolute atomic E-state index is 0.0448. The van der Waals surface area contributed by atoms with Gasteiger partial charge in [-0.2, -0.15) is 0 Å². The lowest BCUT2D eigenvalue weighted by molar-refractivity contribution is -0.123. The van der Waals surface area contributed by atoms with Crippen LogP contribution in [0.4, 0.5) is 11.4 Å². The average molecular weight is 402 g/mol. The Bertz CT molecular complexity index is 1120. The van der Waals surface area contributed by atoms with Crippen molar-refractivity contribution < 1.29 is 19.1 Å². The van der Waals surface area contributed by atoms with Crippen LogP contribution in [0, 0.1) is 0 Å². The average Bonchev–Trinajstić information content (AvgIpc) is 3.20. The molecule has 0 radical (unpaired) electrons. The van der Waals surface area contributed by atoms with Crippen LogP contribution in [0.25, 0.3) is 10.8 Å². The van der Waals surface area contributed by atoms with Gasteiger partial charge in [-0.05, 0) is 43.0 Å². The van der Waals surface area contributed by atoms with E-state index in [0.29, 0.717) is 29.9 Å². The molecule has 3 aromatic carbocycles. The molecule has 1 heterocycles. The van der Waals surface area contributed by atoms with E-state index in [0.717, 1.165) is 17.2 Å². The third kappa shape index (κ3) is 4.03. The Labute approximate surface area is 174 Å². The van der Waals surface area contributed by atoms with Crippen molar-refractivity contribution in [3.8, 4) is 0 Å². The highest BCUT2D eigenvalue weighted by Crippen LogP contribution is 2.24. The third-order valence-corrected chi connectivity index (χ3v) is 5.17. The van der Waals surface area contributed by atoms with Crippen LogP contribution in [-0.4, -0.2) is 30.4 Å². The molecule has 4 rings (SSSR count). The maximum atomic E-state index is 12.6. The summed E-state index contributed by atoms with van der Waals surface area (Å²) in [7, 11) is 0. The first-order valence-corrected chi connectivity index (χ1v) is 9.93. The largest absolute Gasteiger partial charge is 0.449 e. The summed E-state index contributed by atoms with van der Waals surface area (Å²) in [6.45, 7) is 2.17. The highest BCUT2D eigenvalue weighted by atomic mass is 16.5. The van der Waals surface area contributed by atoms with Crippen LogP contribution in [0.1, 0.15) is 30.1 Å². The molecule has 152 valence electrons. The van der Waals surface area contributed by atoms with Gasteiger partial charge in [0.15, 0.2) is 6.10 Å². The van der Waals surface area contributed by atoms with Gasteiger partial charge in [-0.1, -0.05) is 42.5 Å². The zero-order valence-corrected chi connectivity index (χ0v) is 16.6. The summed E-state index contributed by atoms with van der Waals surface area (Å²) in [6.07, 6.45) is 0.340. The van der Waals surface area contributed by atoms with Gasteiger partial charge >= 0.3 is 5.97 Å². The van der Waals surface area contributed by atoms with E-state index in [-0.39, 0.29) is 5.91 Å². The van der Waals surface area contributed by atoms with Crippen molar-refractivity contribution in [2.45, 2.75) is 25.9 Å². The minimum Gasteiger partial charge on any atom is -0.449 e. The normalized spacial score (nSPS) is 14.6. The van der Waals surface area contributed by atoms with Crippen molar-refractivity contribution in [2.24, 2.45) is 0 Å².